The van der Waals surface area contributed by atoms with Crippen LogP contribution in [0.2, 0.25) is 0 Å². The first-order chi connectivity index (χ1) is 16.4. The monoisotopic (exact) mass is 469 g/mol. The lowest BCUT2D eigenvalue weighted by atomic mass is 10.1. The standard InChI is InChI=1S/C25H28FN3O5/c1-18(30)7-9-21-16-29(25(32)34-21)20-8-10-23(22(26)15-20)27-11-12-28(33-14-13-27)17-24(31)19-5-3-2-4-6-19/h2-6,8,10,15,21H,7,9,11-14,16-17H2,1H3/t21-/m0/s1. The zero-order valence-electron chi connectivity index (χ0n) is 19.1. The van der Waals surface area contributed by atoms with Crippen LogP contribution in [0, 0.1) is 5.82 Å². The highest BCUT2D eigenvalue weighted by Gasteiger charge is 2.33. The van der Waals surface area contributed by atoms with Crippen molar-refractivity contribution in [2.75, 3.05) is 49.1 Å². The summed E-state index contributed by atoms with van der Waals surface area (Å²) in [5.74, 6) is -0.454. The Hall–Kier alpha value is -3.30. The molecular formula is C25H28FN3O5. The molecule has 2 aromatic rings. The van der Waals surface area contributed by atoms with Crippen LogP contribution in [-0.4, -0.2) is 68.2 Å². The Kier molecular flexibility index (Phi) is 7.54. The quantitative estimate of drug-likeness (QED) is 0.548. The van der Waals surface area contributed by atoms with Crippen LogP contribution < -0.4 is 9.80 Å². The molecule has 1 amide bonds. The summed E-state index contributed by atoms with van der Waals surface area (Å²) in [7, 11) is 0. The maximum Gasteiger partial charge on any atom is 0.414 e. The third-order valence-corrected chi connectivity index (χ3v) is 5.95. The Morgan fingerprint density at radius 1 is 1.09 bits per heavy atom. The highest BCUT2D eigenvalue weighted by molar-refractivity contribution is 5.97. The molecule has 0 spiro atoms. The number of carbonyl (C=O) groups is 3. The van der Waals surface area contributed by atoms with E-state index in [4.69, 9.17) is 9.57 Å². The number of hydrogen-bond donors (Lipinski definition) is 0. The molecule has 0 unspecified atom stereocenters. The smallest absolute Gasteiger partial charge is 0.414 e. The second-order valence-electron chi connectivity index (χ2n) is 8.47. The second-order valence-corrected chi connectivity index (χ2v) is 8.47. The summed E-state index contributed by atoms with van der Waals surface area (Å²) in [6.07, 6.45) is -0.131. The van der Waals surface area contributed by atoms with Crippen LogP contribution >= 0.6 is 0 Å². The van der Waals surface area contributed by atoms with Crippen LogP contribution in [0.4, 0.5) is 20.6 Å². The first-order valence-electron chi connectivity index (χ1n) is 11.4. The maximum atomic E-state index is 15.1. The van der Waals surface area contributed by atoms with Gasteiger partial charge in [-0.1, -0.05) is 30.3 Å². The molecule has 0 aliphatic carbocycles. The minimum atomic E-state index is -0.539. The van der Waals surface area contributed by atoms with Crippen LogP contribution in [0.1, 0.15) is 30.1 Å². The molecule has 2 aliphatic heterocycles. The lowest BCUT2D eigenvalue weighted by Crippen LogP contribution is -2.33. The van der Waals surface area contributed by atoms with Gasteiger partial charge in [-0.3, -0.25) is 14.5 Å². The third-order valence-electron chi connectivity index (χ3n) is 5.95. The average Bonchev–Trinajstić information content (AvgIpc) is 3.05. The van der Waals surface area contributed by atoms with Crippen molar-refractivity contribution in [2.45, 2.75) is 25.9 Å². The number of hydrogen-bond acceptors (Lipinski definition) is 7. The summed E-state index contributed by atoms with van der Waals surface area (Å²) in [6.45, 7) is 3.61. The minimum Gasteiger partial charge on any atom is -0.444 e. The van der Waals surface area contributed by atoms with E-state index in [1.165, 1.54) is 17.9 Å². The molecule has 0 aromatic heterocycles. The van der Waals surface area contributed by atoms with Gasteiger partial charge in [0.15, 0.2) is 5.78 Å². The molecule has 0 saturated carbocycles. The van der Waals surface area contributed by atoms with E-state index in [0.717, 1.165) is 0 Å². The molecule has 2 fully saturated rings. The van der Waals surface area contributed by atoms with Gasteiger partial charge in [0.05, 0.1) is 31.1 Å². The molecule has 4 rings (SSSR count). The summed E-state index contributed by atoms with van der Waals surface area (Å²) in [5.41, 5.74) is 1.44. The van der Waals surface area contributed by atoms with Gasteiger partial charge < -0.3 is 14.4 Å². The van der Waals surface area contributed by atoms with E-state index in [-0.39, 0.29) is 30.8 Å². The molecule has 8 nitrogen and oxygen atoms in total. The number of ether oxygens (including phenoxy) is 1. The maximum absolute atomic E-state index is 15.1. The largest absolute Gasteiger partial charge is 0.444 e. The number of hydroxylamine groups is 2. The van der Waals surface area contributed by atoms with Crippen molar-refractivity contribution >= 4 is 29.0 Å². The van der Waals surface area contributed by atoms with Crippen molar-refractivity contribution in [1.29, 1.82) is 0 Å². The topological polar surface area (TPSA) is 79.4 Å². The Balaban J connectivity index is 1.36. The van der Waals surface area contributed by atoms with Gasteiger partial charge in [-0.15, -0.1) is 0 Å². The second kappa shape index (κ2) is 10.8. The van der Waals surface area contributed by atoms with Crippen molar-refractivity contribution in [2.24, 2.45) is 0 Å². The summed E-state index contributed by atoms with van der Waals surface area (Å²) >= 11 is 0. The molecule has 34 heavy (non-hydrogen) atoms. The Morgan fingerprint density at radius 2 is 1.88 bits per heavy atom. The molecule has 0 N–H and O–H groups in total. The van der Waals surface area contributed by atoms with Gasteiger partial charge in [0.25, 0.3) is 0 Å². The van der Waals surface area contributed by atoms with Crippen molar-refractivity contribution in [3.63, 3.8) is 0 Å². The zero-order valence-corrected chi connectivity index (χ0v) is 19.1. The first-order valence-corrected chi connectivity index (χ1v) is 11.4. The number of carbonyl (C=O) groups excluding carboxylic acids is 3. The van der Waals surface area contributed by atoms with E-state index >= 15 is 4.39 Å². The van der Waals surface area contributed by atoms with Gasteiger partial charge in [0.1, 0.15) is 17.7 Å². The van der Waals surface area contributed by atoms with Crippen LogP contribution in [0.15, 0.2) is 48.5 Å². The van der Waals surface area contributed by atoms with E-state index in [1.807, 2.05) is 23.1 Å². The fraction of sp³-hybridized carbons (Fsp3) is 0.400. The normalized spacial score (nSPS) is 19.1. The lowest BCUT2D eigenvalue weighted by molar-refractivity contribution is -0.139. The molecule has 0 radical (unpaired) electrons. The van der Waals surface area contributed by atoms with Gasteiger partial charge >= 0.3 is 6.09 Å². The van der Waals surface area contributed by atoms with E-state index in [9.17, 15) is 14.4 Å². The number of nitrogens with zero attached hydrogens (tertiary/aromatic N) is 3. The van der Waals surface area contributed by atoms with Crippen LogP contribution in [0.5, 0.6) is 0 Å². The van der Waals surface area contributed by atoms with E-state index in [0.29, 0.717) is 56.0 Å². The molecule has 2 aliphatic rings. The molecule has 2 heterocycles. The molecule has 2 aromatic carbocycles. The number of amides is 1. The Labute approximate surface area is 197 Å². The molecule has 0 bridgehead atoms. The molecular weight excluding hydrogens is 441 g/mol. The molecule has 2 saturated heterocycles. The average molecular weight is 470 g/mol. The SMILES string of the molecule is CC(=O)CC[C@H]1CN(c2ccc(N3CCON(CC(=O)c4ccccc4)CC3)c(F)c2)C(=O)O1. The number of rotatable bonds is 8. The van der Waals surface area contributed by atoms with E-state index < -0.39 is 11.9 Å². The van der Waals surface area contributed by atoms with Crippen molar-refractivity contribution < 1.29 is 28.3 Å². The van der Waals surface area contributed by atoms with Crippen molar-refractivity contribution in [3.05, 3.63) is 59.9 Å². The predicted octanol–water partition coefficient (Wildman–Crippen LogP) is 3.46. The number of cyclic esters (lactones) is 1. The highest BCUT2D eigenvalue weighted by atomic mass is 19.1. The fourth-order valence-corrected chi connectivity index (χ4v) is 4.10. The van der Waals surface area contributed by atoms with Gasteiger partial charge in [-0.05, 0) is 31.5 Å². The third kappa shape index (κ3) is 5.78. The Bertz CT molecular complexity index is 1050. The van der Waals surface area contributed by atoms with Crippen molar-refractivity contribution in [3.8, 4) is 0 Å². The van der Waals surface area contributed by atoms with Crippen LogP contribution in [0.25, 0.3) is 0 Å². The van der Waals surface area contributed by atoms with Crippen molar-refractivity contribution in [1.82, 2.24) is 5.06 Å². The van der Waals surface area contributed by atoms with Gasteiger partial charge in [-0.2, -0.15) is 5.06 Å². The molecule has 9 heteroatoms. The number of ketones is 2. The predicted molar refractivity (Wildman–Crippen MR) is 124 cm³/mol. The van der Waals surface area contributed by atoms with Gasteiger partial charge in [0.2, 0.25) is 0 Å². The summed E-state index contributed by atoms with van der Waals surface area (Å²) in [6, 6.07) is 13.7. The molecule has 180 valence electrons. The Morgan fingerprint density at radius 3 is 2.62 bits per heavy atom. The summed E-state index contributed by atoms with van der Waals surface area (Å²) < 4.78 is 20.4. The van der Waals surface area contributed by atoms with E-state index in [2.05, 4.69) is 0 Å². The molecule has 1 atom stereocenters. The summed E-state index contributed by atoms with van der Waals surface area (Å²) in [5, 5.41) is 1.61. The highest BCUT2D eigenvalue weighted by Crippen LogP contribution is 2.29. The number of benzene rings is 2. The lowest BCUT2D eigenvalue weighted by Gasteiger charge is -2.24. The summed E-state index contributed by atoms with van der Waals surface area (Å²) in [4.78, 5) is 44.9. The number of Topliss-reactive ketones (excluding diaryl/α,β-unsaturated/α-hetero) is 2. The number of halogens is 1. The first kappa shape index (κ1) is 23.8. The van der Waals surface area contributed by atoms with Gasteiger partial charge in [0, 0.05) is 31.6 Å². The minimum absolute atomic E-state index is 0.0364. The van der Waals surface area contributed by atoms with Gasteiger partial charge in [-0.25, -0.2) is 9.18 Å². The fourth-order valence-electron chi connectivity index (χ4n) is 4.10. The van der Waals surface area contributed by atoms with Crippen LogP contribution in [0.3, 0.4) is 0 Å². The van der Waals surface area contributed by atoms with E-state index in [1.54, 1.807) is 29.3 Å². The zero-order chi connectivity index (χ0) is 24.1. The van der Waals surface area contributed by atoms with Crippen LogP contribution in [-0.2, 0) is 14.4 Å². The number of anilines is 2.